The van der Waals surface area contributed by atoms with E-state index in [9.17, 15) is 4.79 Å². The van der Waals surface area contributed by atoms with E-state index in [1.54, 1.807) is 22.7 Å². The van der Waals surface area contributed by atoms with Crippen molar-refractivity contribution >= 4 is 28.6 Å². The molecule has 1 aliphatic heterocycles. The highest BCUT2D eigenvalue weighted by Crippen LogP contribution is 2.28. The Balaban J connectivity index is 1.63. The molecule has 3 nitrogen and oxygen atoms in total. The van der Waals surface area contributed by atoms with Crippen LogP contribution in [0, 0.1) is 0 Å². The molecule has 19 heavy (non-hydrogen) atoms. The first kappa shape index (κ1) is 12.8. The van der Waals surface area contributed by atoms with Crippen LogP contribution in [0.15, 0.2) is 29.1 Å². The first-order valence-electron chi connectivity index (χ1n) is 6.52. The lowest BCUT2D eigenvalue weighted by Gasteiger charge is -2.31. The zero-order valence-corrected chi connectivity index (χ0v) is 12.3. The van der Waals surface area contributed by atoms with Crippen molar-refractivity contribution in [1.29, 1.82) is 0 Å². The molecule has 0 bridgehead atoms. The molecule has 0 radical (unpaired) electrons. The van der Waals surface area contributed by atoms with E-state index >= 15 is 0 Å². The maximum atomic E-state index is 12.3. The van der Waals surface area contributed by atoms with Crippen molar-refractivity contribution in [3.05, 3.63) is 39.0 Å². The molecule has 1 amide bonds. The summed E-state index contributed by atoms with van der Waals surface area (Å²) < 4.78 is 0. The van der Waals surface area contributed by atoms with Gasteiger partial charge in [0.15, 0.2) is 0 Å². The molecule has 0 N–H and O–H groups in total. The summed E-state index contributed by atoms with van der Waals surface area (Å²) in [7, 11) is 0. The van der Waals surface area contributed by atoms with Crippen LogP contribution >= 0.6 is 22.7 Å². The lowest BCUT2D eigenvalue weighted by molar-refractivity contribution is -0.131. The molecule has 3 heterocycles. The molecule has 1 saturated heterocycles. The third kappa shape index (κ3) is 3.04. The summed E-state index contributed by atoms with van der Waals surface area (Å²) >= 11 is 3.36. The van der Waals surface area contributed by atoms with Crippen LogP contribution in [-0.2, 0) is 11.2 Å². The molecule has 1 fully saturated rings. The predicted octanol–water partition coefficient (Wildman–Crippen LogP) is 3.15. The largest absolute Gasteiger partial charge is 0.342 e. The zero-order chi connectivity index (χ0) is 13.1. The van der Waals surface area contributed by atoms with Gasteiger partial charge in [-0.1, -0.05) is 6.07 Å². The molecule has 3 rings (SSSR count). The van der Waals surface area contributed by atoms with Gasteiger partial charge in [0.2, 0.25) is 5.91 Å². The predicted molar refractivity (Wildman–Crippen MR) is 78.7 cm³/mol. The van der Waals surface area contributed by atoms with Gasteiger partial charge in [-0.25, -0.2) is 4.98 Å². The van der Waals surface area contributed by atoms with E-state index in [0.29, 0.717) is 12.3 Å². The van der Waals surface area contributed by atoms with Crippen molar-refractivity contribution in [2.24, 2.45) is 0 Å². The Bertz CT molecular complexity index is 522. The molecule has 100 valence electrons. The van der Waals surface area contributed by atoms with Gasteiger partial charge in [-0.3, -0.25) is 4.79 Å². The Morgan fingerprint density at radius 3 is 3.11 bits per heavy atom. The molecule has 0 saturated carbocycles. The summed E-state index contributed by atoms with van der Waals surface area (Å²) in [5.74, 6) is 0.685. The minimum atomic E-state index is 0.253. The second-order valence-electron chi connectivity index (χ2n) is 4.81. The van der Waals surface area contributed by atoms with Crippen molar-refractivity contribution in [3.63, 3.8) is 0 Å². The molecule has 2 aromatic rings. The third-order valence-electron chi connectivity index (χ3n) is 3.48. The highest BCUT2D eigenvalue weighted by atomic mass is 32.1. The first-order chi connectivity index (χ1) is 9.33. The Morgan fingerprint density at radius 1 is 1.42 bits per heavy atom. The normalized spacial score (nSPS) is 19.6. The lowest BCUT2D eigenvalue weighted by atomic mass is 9.98. The number of rotatable bonds is 3. The molecule has 2 aromatic heterocycles. The van der Waals surface area contributed by atoms with Gasteiger partial charge in [-0.05, 0) is 24.3 Å². The fourth-order valence-electron chi connectivity index (χ4n) is 2.52. The Morgan fingerprint density at radius 2 is 2.37 bits per heavy atom. The first-order valence-corrected chi connectivity index (χ1v) is 8.28. The summed E-state index contributed by atoms with van der Waals surface area (Å²) in [5, 5.41) is 5.22. The topological polar surface area (TPSA) is 33.2 Å². The lowest BCUT2D eigenvalue weighted by Crippen LogP contribution is -2.39. The van der Waals surface area contributed by atoms with Crippen molar-refractivity contribution < 1.29 is 4.79 Å². The van der Waals surface area contributed by atoms with Gasteiger partial charge < -0.3 is 4.90 Å². The summed E-state index contributed by atoms with van der Waals surface area (Å²) in [6, 6.07) is 4.03. The van der Waals surface area contributed by atoms with E-state index in [4.69, 9.17) is 0 Å². The number of amides is 1. The number of hydrogen-bond acceptors (Lipinski definition) is 4. The monoisotopic (exact) mass is 292 g/mol. The van der Waals surface area contributed by atoms with E-state index in [1.807, 2.05) is 34.0 Å². The number of likely N-dealkylation sites (tertiary alicyclic amines) is 1. The van der Waals surface area contributed by atoms with Crippen molar-refractivity contribution in [1.82, 2.24) is 9.88 Å². The van der Waals surface area contributed by atoms with E-state index in [0.717, 1.165) is 30.8 Å². The van der Waals surface area contributed by atoms with Crippen LogP contribution in [0.5, 0.6) is 0 Å². The smallest absolute Gasteiger partial charge is 0.227 e. The number of piperidine rings is 1. The van der Waals surface area contributed by atoms with Crippen LogP contribution in [0.3, 0.4) is 0 Å². The third-order valence-corrected chi connectivity index (χ3v) is 5.29. The Kier molecular flexibility index (Phi) is 3.94. The van der Waals surface area contributed by atoms with Crippen LogP contribution in [-0.4, -0.2) is 28.9 Å². The Labute approximate surface area is 120 Å². The highest BCUT2D eigenvalue weighted by molar-refractivity contribution is 7.10. The van der Waals surface area contributed by atoms with Crippen LogP contribution in [0.4, 0.5) is 0 Å². The van der Waals surface area contributed by atoms with Gasteiger partial charge in [0.25, 0.3) is 0 Å². The standard InChI is InChI=1S/C14H16N2OS2/c17-13(9-12-4-2-7-18-12)16-6-1-3-11(10-16)14-15-5-8-19-14/h2,4-5,7-8,11H,1,3,6,9-10H2/t11-/m0/s1. The van der Waals surface area contributed by atoms with Gasteiger partial charge >= 0.3 is 0 Å². The van der Waals surface area contributed by atoms with Crippen molar-refractivity contribution in [2.75, 3.05) is 13.1 Å². The van der Waals surface area contributed by atoms with E-state index in [1.165, 1.54) is 5.01 Å². The maximum absolute atomic E-state index is 12.3. The molecular formula is C14H16N2OS2. The number of carbonyl (C=O) groups is 1. The fraction of sp³-hybridized carbons (Fsp3) is 0.429. The molecule has 0 aromatic carbocycles. The second kappa shape index (κ2) is 5.84. The maximum Gasteiger partial charge on any atom is 0.227 e. The van der Waals surface area contributed by atoms with Gasteiger partial charge in [0.05, 0.1) is 11.4 Å². The summed E-state index contributed by atoms with van der Waals surface area (Å²) in [6.45, 7) is 1.73. The average molecular weight is 292 g/mol. The molecule has 0 spiro atoms. The number of thiazole rings is 1. The number of thiophene rings is 1. The molecule has 1 atom stereocenters. The SMILES string of the molecule is O=C(Cc1cccs1)N1CCC[C@H](c2nccs2)C1. The summed E-state index contributed by atoms with van der Waals surface area (Å²) in [6.07, 6.45) is 4.63. The van der Waals surface area contributed by atoms with Crippen molar-refractivity contribution in [3.8, 4) is 0 Å². The molecule has 1 aliphatic rings. The number of carbonyl (C=O) groups excluding carboxylic acids is 1. The average Bonchev–Trinajstić information content (AvgIpc) is 3.12. The van der Waals surface area contributed by atoms with Gasteiger partial charge in [-0.15, -0.1) is 22.7 Å². The van der Waals surface area contributed by atoms with E-state index in [-0.39, 0.29) is 5.91 Å². The van der Waals surface area contributed by atoms with Crippen molar-refractivity contribution in [2.45, 2.75) is 25.2 Å². The minimum absolute atomic E-state index is 0.253. The van der Waals surface area contributed by atoms with Gasteiger partial charge in [-0.2, -0.15) is 0 Å². The van der Waals surface area contributed by atoms with Crippen LogP contribution < -0.4 is 0 Å². The van der Waals surface area contributed by atoms with Gasteiger partial charge in [0.1, 0.15) is 0 Å². The molecule has 0 aliphatic carbocycles. The molecule has 0 unspecified atom stereocenters. The minimum Gasteiger partial charge on any atom is -0.342 e. The molecule has 5 heteroatoms. The van der Waals surface area contributed by atoms with Crippen LogP contribution in [0.1, 0.15) is 28.6 Å². The summed E-state index contributed by atoms with van der Waals surface area (Å²) in [5.41, 5.74) is 0. The summed E-state index contributed by atoms with van der Waals surface area (Å²) in [4.78, 5) is 19.9. The quantitative estimate of drug-likeness (QED) is 0.870. The molecular weight excluding hydrogens is 276 g/mol. The van der Waals surface area contributed by atoms with Gasteiger partial charge in [0, 0.05) is 35.5 Å². The fourth-order valence-corrected chi connectivity index (χ4v) is 3.98. The van der Waals surface area contributed by atoms with E-state index in [2.05, 4.69) is 4.98 Å². The number of hydrogen-bond donors (Lipinski definition) is 0. The number of nitrogens with zero attached hydrogens (tertiary/aromatic N) is 2. The Hall–Kier alpha value is -1.20. The second-order valence-corrected chi connectivity index (χ2v) is 6.76. The highest BCUT2D eigenvalue weighted by Gasteiger charge is 2.26. The van der Waals surface area contributed by atoms with Crippen LogP contribution in [0.2, 0.25) is 0 Å². The van der Waals surface area contributed by atoms with E-state index < -0.39 is 0 Å². The number of aromatic nitrogens is 1. The zero-order valence-electron chi connectivity index (χ0n) is 10.6. The van der Waals surface area contributed by atoms with Crippen LogP contribution in [0.25, 0.3) is 0 Å².